The van der Waals surface area contributed by atoms with Crippen LogP contribution in [0.1, 0.15) is 24.4 Å². The summed E-state index contributed by atoms with van der Waals surface area (Å²) in [5.41, 5.74) is 2.13. The number of hydrogen-bond acceptors (Lipinski definition) is 5. The van der Waals surface area contributed by atoms with E-state index in [1.54, 1.807) is 0 Å². The van der Waals surface area contributed by atoms with Crippen molar-refractivity contribution in [3.8, 4) is 0 Å². The molecule has 5 rings (SSSR count). The minimum absolute atomic E-state index is 0.0871. The number of urea groups is 1. The second-order valence-corrected chi connectivity index (χ2v) is 9.06. The van der Waals surface area contributed by atoms with Crippen LogP contribution in [0.15, 0.2) is 42.5 Å². The highest BCUT2D eigenvalue weighted by atomic mass is 32.1. The Hall–Kier alpha value is -3.04. The molecule has 2 heterocycles. The van der Waals surface area contributed by atoms with Crippen LogP contribution in [0.4, 0.5) is 20.0 Å². The predicted octanol–water partition coefficient (Wildman–Crippen LogP) is 3.96. The van der Waals surface area contributed by atoms with Gasteiger partial charge in [0, 0.05) is 25.3 Å². The number of thiazole rings is 1. The first-order valence-electron chi connectivity index (χ1n) is 10.2. The lowest BCUT2D eigenvalue weighted by molar-refractivity contribution is -0.137. The molecule has 2 aliphatic rings. The summed E-state index contributed by atoms with van der Waals surface area (Å²) in [5, 5.41) is 9.20. The van der Waals surface area contributed by atoms with E-state index in [-0.39, 0.29) is 23.8 Å². The lowest BCUT2D eigenvalue weighted by Crippen LogP contribution is -2.55. The van der Waals surface area contributed by atoms with Gasteiger partial charge >= 0.3 is 6.03 Å². The number of nitrogens with one attached hydrogen (secondary N) is 3. The van der Waals surface area contributed by atoms with Crippen LogP contribution in [0.5, 0.6) is 0 Å². The zero-order valence-electron chi connectivity index (χ0n) is 16.9. The number of nitrogens with zero attached hydrogens (tertiary/aromatic N) is 2. The fraction of sp³-hybridized carbons (Fsp3) is 0.318. The van der Waals surface area contributed by atoms with E-state index >= 15 is 0 Å². The number of carbonyl (C=O) groups excluding carboxylic acids is 2. The third-order valence-electron chi connectivity index (χ3n) is 5.86. The number of benzene rings is 2. The first-order chi connectivity index (χ1) is 15.0. The molecule has 0 bridgehead atoms. The van der Waals surface area contributed by atoms with Crippen LogP contribution in [0.2, 0.25) is 0 Å². The van der Waals surface area contributed by atoms with E-state index in [9.17, 15) is 14.0 Å². The van der Waals surface area contributed by atoms with Crippen LogP contribution >= 0.6 is 11.3 Å². The highest BCUT2D eigenvalue weighted by molar-refractivity contribution is 7.22. The lowest BCUT2D eigenvalue weighted by Gasteiger charge is -2.38. The van der Waals surface area contributed by atoms with Crippen molar-refractivity contribution < 1.29 is 14.0 Å². The molecule has 1 aromatic heterocycles. The van der Waals surface area contributed by atoms with Crippen molar-refractivity contribution in [3.63, 3.8) is 0 Å². The summed E-state index contributed by atoms with van der Waals surface area (Å²) >= 11 is 1.34. The average molecular weight is 440 g/mol. The van der Waals surface area contributed by atoms with E-state index in [1.807, 2.05) is 30.1 Å². The summed E-state index contributed by atoms with van der Waals surface area (Å²) in [6, 6.07) is 10.7. The number of likely N-dealkylation sites (N-methyl/N-ethyl adjacent to an activating group) is 1. The van der Waals surface area contributed by atoms with E-state index < -0.39 is 6.03 Å². The summed E-state index contributed by atoms with van der Waals surface area (Å²) in [6.07, 6.45) is 2.40. The topological polar surface area (TPSA) is 86.4 Å². The smallest absolute Gasteiger partial charge is 0.325 e. The minimum atomic E-state index is -0.456. The van der Waals surface area contributed by atoms with Gasteiger partial charge in [-0.3, -0.25) is 10.1 Å². The van der Waals surface area contributed by atoms with Crippen molar-refractivity contribution in [2.75, 3.05) is 24.2 Å². The van der Waals surface area contributed by atoms with Gasteiger partial charge in [-0.25, -0.2) is 14.2 Å². The number of aromatic nitrogens is 1. The van der Waals surface area contributed by atoms with Crippen molar-refractivity contribution >= 4 is 44.3 Å². The van der Waals surface area contributed by atoms with Crippen LogP contribution in [0, 0.1) is 11.7 Å². The number of amides is 3. The number of halogens is 1. The molecular weight excluding hydrogens is 417 g/mol. The summed E-state index contributed by atoms with van der Waals surface area (Å²) in [7, 11) is 1.89. The van der Waals surface area contributed by atoms with Gasteiger partial charge in [-0.15, -0.1) is 0 Å². The molecule has 1 aliphatic carbocycles. The maximum atomic E-state index is 13.0. The molecule has 1 saturated heterocycles. The van der Waals surface area contributed by atoms with Crippen molar-refractivity contribution in [1.29, 1.82) is 0 Å². The van der Waals surface area contributed by atoms with Crippen LogP contribution < -0.4 is 16.0 Å². The summed E-state index contributed by atoms with van der Waals surface area (Å²) in [4.78, 5) is 31.5. The van der Waals surface area contributed by atoms with Gasteiger partial charge in [0.15, 0.2) is 5.13 Å². The van der Waals surface area contributed by atoms with Crippen LogP contribution in [0.3, 0.4) is 0 Å². The number of rotatable bonds is 4. The van der Waals surface area contributed by atoms with Gasteiger partial charge in [0.05, 0.1) is 10.2 Å². The Labute approximate surface area is 182 Å². The fourth-order valence-corrected chi connectivity index (χ4v) is 4.93. The van der Waals surface area contributed by atoms with Crippen LogP contribution in [-0.4, -0.2) is 41.5 Å². The number of fused-ring (bicyclic) bond motifs is 1. The molecule has 0 spiro atoms. The quantitative estimate of drug-likeness (QED) is 0.574. The number of hydrogen-bond donors (Lipinski definition) is 3. The summed E-state index contributed by atoms with van der Waals surface area (Å²) in [5.74, 6) is 0.346. The molecule has 0 radical (unpaired) electrons. The molecule has 3 N–H and O–H groups in total. The van der Waals surface area contributed by atoms with Gasteiger partial charge in [-0.05, 0) is 60.7 Å². The van der Waals surface area contributed by atoms with E-state index in [0.29, 0.717) is 16.7 Å². The van der Waals surface area contributed by atoms with Gasteiger partial charge in [-0.2, -0.15) is 0 Å². The molecule has 3 aromatic rings. The van der Waals surface area contributed by atoms with E-state index in [1.165, 1.54) is 48.4 Å². The molecule has 7 nitrogen and oxygen atoms in total. The number of piperazine rings is 1. The monoisotopic (exact) mass is 439 g/mol. The Morgan fingerprint density at radius 3 is 2.71 bits per heavy atom. The first-order valence-corrected chi connectivity index (χ1v) is 11.0. The highest BCUT2D eigenvalue weighted by Crippen LogP contribution is 2.38. The minimum Gasteiger partial charge on any atom is -0.340 e. The van der Waals surface area contributed by atoms with Crippen LogP contribution in [0.25, 0.3) is 10.2 Å². The Morgan fingerprint density at radius 1 is 1.19 bits per heavy atom. The molecule has 2 fully saturated rings. The standard InChI is InChI=1S/C22H22FN5O2S/c1-28-17(12-2-3-12)11-24-19(20(28)29)13-4-9-16-18(10-13)31-22(26-16)27-21(30)25-15-7-5-14(23)6-8-15/h4-10,12,17,19,24H,2-3,11H2,1H3,(H2,25,26,27,30). The molecule has 2 atom stereocenters. The van der Waals surface area contributed by atoms with Crippen LogP contribution in [-0.2, 0) is 4.79 Å². The molecule has 2 aromatic carbocycles. The van der Waals surface area contributed by atoms with E-state index in [2.05, 4.69) is 20.9 Å². The first kappa shape index (κ1) is 19.9. The van der Waals surface area contributed by atoms with Gasteiger partial charge < -0.3 is 15.5 Å². The van der Waals surface area contributed by atoms with Gasteiger partial charge in [0.1, 0.15) is 11.9 Å². The van der Waals surface area contributed by atoms with Crippen molar-refractivity contribution in [1.82, 2.24) is 15.2 Å². The zero-order chi connectivity index (χ0) is 21.5. The maximum Gasteiger partial charge on any atom is 0.325 e. The normalized spacial score (nSPS) is 21.4. The van der Waals surface area contributed by atoms with Gasteiger partial charge in [0.2, 0.25) is 5.91 Å². The Morgan fingerprint density at radius 2 is 1.97 bits per heavy atom. The molecular formula is C22H22FN5O2S. The largest absolute Gasteiger partial charge is 0.340 e. The Balaban J connectivity index is 1.29. The molecule has 1 saturated carbocycles. The van der Waals surface area contributed by atoms with E-state index in [4.69, 9.17) is 0 Å². The average Bonchev–Trinajstić information content (AvgIpc) is 3.51. The molecule has 1 aliphatic heterocycles. The molecule has 160 valence electrons. The maximum absolute atomic E-state index is 13.0. The van der Waals surface area contributed by atoms with E-state index in [0.717, 1.165) is 22.3 Å². The number of carbonyl (C=O) groups is 2. The Kier molecular flexibility index (Phi) is 5.07. The van der Waals surface area contributed by atoms with Crippen molar-refractivity contribution in [2.24, 2.45) is 5.92 Å². The molecule has 3 amide bonds. The SMILES string of the molecule is CN1C(=O)C(c2ccc3nc(NC(=O)Nc4ccc(F)cc4)sc3c2)NCC1C1CC1. The fourth-order valence-electron chi connectivity index (χ4n) is 4.02. The summed E-state index contributed by atoms with van der Waals surface area (Å²) < 4.78 is 13.9. The van der Waals surface area contributed by atoms with Gasteiger partial charge in [-0.1, -0.05) is 17.4 Å². The van der Waals surface area contributed by atoms with Crippen molar-refractivity contribution in [2.45, 2.75) is 24.9 Å². The third kappa shape index (κ3) is 4.11. The predicted molar refractivity (Wildman–Crippen MR) is 119 cm³/mol. The third-order valence-corrected chi connectivity index (χ3v) is 6.79. The molecule has 9 heteroatoms. The lowest BCUT2D eigenvalue weighted by atomic mass is 9.99. The second-order valence-electron chi connectivity index (χ2n) is 8.03. The highest BCUT2D eigenvalue weighted by Gasteiger charge is 2.41. The molecule has 2 unspecified atom stereocenters. The molecule has 31 heavy (non-hydrogen) atoms. The Bertz CT molecular complexity index is 1140. The summed E-state index contributed by atoms with van der Waals surface area (Å²) in [6.45, 7) is 0.800. The zero-order valence-corrected chi connectivity index (χ0v) is 17.7. The van der Waals surface area contributed by atoms with Crippen molar-refractivity contribution in [3.05, 3.63) is 53.8 Å². The second kappa shape index (κ2) is 7.90. The van der Waals surface area contributed by atoms with Gasteiger partial charge in [0.25, 0.3) is 0 Å². The number of anilines is 2.